The molecule has 0 bridgehead atoms. The van der Waals surface area contributed by atoms with E-state index in [0.717, 1.165) is 10.9 Å². The Morgan fingerprint density at radius 3 is 2.80 bits per heavy atom. The number of rotatable bonds is 4. The molecule has 2 aromatic rings. The van der Waals surface area contributed by atoms with Crippen LogP contribution >= 0.6 is 11.8 Å². The van der Waals surface area contributed by atoms with E-state index in [1.165, 1.54) is 0 Å². The maximum atomic E-state index is 11.8. The second-order valence-electron chi connectivity index (χ2n) is 4.30. The molecule has 2 rings (SSSR count). The quantitative estimate of drug-likeness (QED) is 0.843. The van der Waals surface area contributed by atoms with Gasteiger partial charge in [-0.15, -0.1) is 0 Å². The van der Waals surface area contributed by atoms with Crippen LogP contribution in [0.2, 0.25) is 0 Å². The van der Waals surface area contributed by atoms with E-state index in [9.17, 15) is 4.79 Å². The fourth-order valence-electron chi connectivity index (χ4n) is 1.77. The summed E-state index contributed by atoms with van der Waals surface area (Å²) in [6.45, 7) is 3.93. The van der Waals surface area contributed by atoms with Crippen molar-refractivity contribution in [2.45, 2.75) is 25.5 Å². The molecular weight excluding hydrogens is 278 g/mol. The molecule has 0 atom stereocenters. The number of hydrogen-bond acceptors (Lipinski definition) is 5. The van der Waals surface area contributed by atoms with Crippen LogP contribution in [0.15, 0.2) is 15.9 Å². The highest BCUT2D eigenvalue weighted by molar-refractivity contribution is 7.98. The molecule has 20 heavy (non-hydrogen) atoms. The van der Waals surface area contributed by atoms with Crippen LogP contribution in [0.1, 0.15) is 17.1 Å². The molecule has 0 aliphatic rings. The van der Waals surface area contributed by atoms with E-state index in [-0.39, 0.29) is 6.03 Å². The van der Waals surface area contributed by atoms with E-state index in [2.05, 4.69) is 20.8 Å². The summed E-state index contributed by atoms with van der Waals surface area (Å²) in [5.74, 6) is 0.586. The summed E-state index contributed by atoms with van der Waals surface area (Å²) in [7, 11) is 1.92. The van der Waals surface area contributed by atoms with Crippen molar-refractivity contribution in [1.29, 1.82) is 0 Å². The molecule has 2 amide bonds. The zero-order valence-electron chi connectivity index (χ0n) is 11.9. The third-order valence-electron chi connectivity index (χ3n) is 2.93. The smallest absolute Gasteiger partial charge is 0.319 e. The van der Waals surface area contributed by atoms with Crippen molar-refractivity contribution in [3.63, 3.8) is 0 Å². The van der Waals surface area contributed by atoms with Gasteiger partial charge in [0.2, 0.25) is 0 Å². The van der Waals surface area contributed by atoms with Crippen molar-refractivity contribution in [1.82, 2.24) is 20.0 Å². The van der Waals surface area contributed by atoms with Gasteiger partial charge in [-0.25, -0.2) is 9.78 Å². The number of urea groups is 1. The lowest BCUT2D eigenvalue weighted by atomic mass is 10.3. The van der Waals surface area contributed by atoms with E-state index >= 15 is 0 Å². The molecule has 0 radical (unpaired) electrons. The molecule has 0 saturated heterocycles. The lowest BCUT2D eigenvalue weighted by Gasteiger charge is -2.08. The Morgan fingerprint density at radius 1 is 1.50 bits per heavy atom. The number of anilines is 1. The molecule has 2 heterocycles. The molecule has 0 spiro atoms. The molecule has 0 fully saturated rings. The van der Waals surface area contributed by atoms with Gasteiger partial charge in [-0.1, -0.05) is 16.9 Å². The van der Waals surface area contributed by atoms with Gasteiger partial charge in [0.25, 0.3) is 0 Å². The van der Waals surface area contributed by atoms with E-state index < -0.39 is 0 Å². The first kappa shape index (κ1) is 14.4. The highest BCUT2D eigenvalue weighted by Crippen LogP contribution is 2.18. The number of carbonyl (C=O) groups excluding carboxylic acids is 1. The Balaban J connectivity index is 1.94. The van der Waals surface area contributed by atoms with Gasteiger partial charge in [-0.05, 0) is 20.1 Å². The van der Waals surface area contributed by atoms with Gasteiger partial charge in [0, 0.05) is 7.05 Å². The van der Waals surface area contributed by atoms with Gasteiger partial charge in [0.05, 0.1) is 18.4 Å². The zero-order chi connectivity index (χ0) is 14.7. The molecule has 0 aliphatic carbocycles. The highest BCUT2D eigenvalue weighted by Gasteiger charge is 2.12. The summed E-state index contributed by atoms with van der Waals surface area (Å²) >= 11 is 1.56. The number of aryl methyl sites for hydroxylation is 2. The van der Waals surface area contributed by atoms with Gasteiger partial charge in [0.15, 0.2) is 10.9 Å². The Hall–Kier alpha value is -1.96. The van der Waals surface area contributed by atoms with Crippen LogP contribution in [0.3, 0.4) is 0 Å². The van der Waals surface area contributed by atoms with Crippen LogP contribution in [0.4, 0.5) is 10.5 Å². The fourth-order valence-corrected chi connectivity index (χ4v) is 2.32. The number of carbonyl (C=O) groups is 1. The molecule has 7 nitrogen and oxygen atoms in total. The minimum atomic E-state index is -0.300. The second-order valence-corrected chi connectivity index (χ2v) is 5.08. The van der Waals surface area contributed by atoms with Gasteiger partial charge >= 0.3 is 6.03 Å². The molecule has 0 unspecified atom stereocenters. The molecule has 8 heteroatoms. The maximum absolute atomic E-state index is 11.8. The van der Waals surface area contributed by atoms with Crippen LogP contribution in [-0.4, -0.2) is 27.0 Å². The highest BCUT2D eigenvalue weighted by atomic mass is 32.2. The molecule has 108 valence electrons. The summed E-state index contributed by atoms with van der Waals surface area (Å²) in [4.78, 5) is 16.1. The monoisotopic (exact) mass is 295 g/mol. The van der Waals surface area contributed by atoms with Crippen LogP contribution in [-0.2, 0) is 13.6 Å². The minimum absolute atomic E-state index is 0.300. The first-order valence-corrected chi connectivity index (χ1v) is 7.27. The average molecular weight is 295 g/mol. The summed E-state index contributed by atoms with van der Waals surface area (Å²) in [6.07, 6.45) is 3.71. The first-order valence-electron chi connectivity index (χ1n) is 6.05. The first-order chi connectivity index (χ1) is 9.52. The molecule has 0 saturated carbocycles. The largest absolute Gasteiger partial charge is 0.359 e. The zero-order valence-corrected chi connectivity index (χ0v) is 12.7. The predicted molar refractivity (Wildman–Crippen MR) is 76.8 cm³/mol. The normalized spacial score (nSPS) is 10.6. The third-order valence-corrected chi connectivity index (χ3v) is 3.67. The van der Waals surface area contributed by atoms with Gasteiger partial charge in [-0.2, -0.15) is 0 Å². The third kappa shape index (κ3) is 2.96. The van der Waals surface area contributed by atoms with Crippen molar-refractivity contribution in [3.8, 4) is 0 Å². The fraction of sp³-hybridized carbons (Fsp3) is 0.417. The summed E-state index contributed by atoms with van der Waals surface area (Å²) in [6, 6.07) is -0.300. The Bertz CT molecular complexity index is 600. The van der Waals surface area contributed by atoms with Crippen molar-refractivity contribution >= 4 is 23.5 Å². The lowest BCUT2D eigenvalue weighted by Crippen LogP contribution is -2.29. The van der Waals surface area contributed by atoms with E-state index in [0.29, 0.717) is 23.7 Å². The van der Waals surface area contributed by atoms with Gasteiger partial charge in [0.1, 0.15) is 11.4 Å². The number of imidazole rings is 1. The van der Waals surface area contributed by atoms with Crippen LogP contribution in [0.5, 0.6) is 0 Å². The summed E-state index contributed by atoms with van der Waals surface area (Å²) in [5, 5.41) is 10.2. The number of aromatic nitrogens is 3. The van der Waals surface area contributed by atoms with Crippen LogP contribution in [0, 0.1) is 13.8 Å². The van der Waals surface area contributed by atoms with Crippen LogP contribution in [0.25, 0.3) is 0 Å². The minimum Gasteiger partial charge on any atom is -0.359 e. The van der Waals surface area contributed by atoms with E-state index in [1.807, 2.05) is 17.9 Å². The Kier molecular flexibility index (Phi) is 4.33. The van der Waals surface area contributed by atoms with Crippen molar-refractivity contribution in [2.75, 3.05) is 11.6 Å². The van der Waals surface area contributed by atoms with E-state index in [1.54, 1.807) is 31.8 Å². The molecular formula is C12H17N5O2S. The SMILES string of the molecule is CSc1ncc(CNC(=O)Nc2c(C)noc2C)n1C. The Morgan fingerprint density at radius 2 is 2.25 bits per heavy atom. The van der Waals surface area contributed by atoms with Crippen molar-refractivity contribution in [2.24, 2.45) is 7.05 Å². The van der Waals surface area contributed by atoms with Gasteiger partial charge < -0.3 is 19.7 Å². The molecule has 2 N–H and O–H groups in total. The summed E-state index contributed by atoms with van der Waals surface area (Å²) < 4.78 is 6.93. The molecule has 0 aromatic carbocycles. The number of amides is 2. The van der Waals surface area contributed by atoms with Gasteiger partial charge in [-0.3, -0.25) is 0 Å². The average Bonchev–Trinajstić information content (AvgIpc) is 2.93. The standard InChI is InChI=1S/C12H17N5O2S/c1-7-10(8(2)19-16-7)15-11(18)13-5-9-6-14-12(20-4)17(9)3/h6H,5H2,1-4H3,(H2,13,15,18). The molecule has 0 aliphatic heterocycles. The molecule has 2 aromatic heterocycles. The van der Waals surface area contributed by atoms with Crippen molar-refractivity contribution in [3.05, 3.63) is 23.3 Å². The van der Waals surface area contributed by atoms with Crippen LogP contribution < -0.4 is 10.6 Å². The topological polar surface area (TPSA) is 85.0 Å². The van der Waals surface area contributed by atoms with E-state index in [4.69, 9.17) is 4.52 Å². The second kappa shape index (κ2) is 6.00. The number of nitrogens with zero attached hydrogens (tertiary/aromatic N) is 3. The summed E-state index contributed by atoms with van der Waals surface area (Å²) in [5.41, 5.74) is 2.20. The number of thioether (sulfide) groups is 1. The predicted octanol–water partition coefficient (Wildman–Crippen LogP) is 2.07. The lowest BCUT2D eigenvalue weighted by molar-refractivity contribution is 0.251. The number of hydrogen-bond donors (Lipinski definition) is 2. The maximum Gasteiger partial charge on any atom is 0.319 e. The Labute approximate surface area is 121 Å². The number of nitrogens with one attached hydrogen (secondary N) is 2. The van der Waals surface area contributed by atoms with Crippen molar-refractivity contribution < 1.29 is 9.32 Å².